The molecule has 0 saturated carbocycles. The molecule has 0 bridgehead atoms. The van der Waals surface area contributed by atoms with Gasteiger partial charge in [0, 0.05) is 18.7 Å². The lowest BCUT2D eigenvalue weighted by atomic mass is 10.1. The Labute approximate surface area is 169 Å². The highest BCUT2D eigenvalue weighted by molar-refractivity contribution is 7.99. The number of phenolic OH excluding ortho intramolecular Hbond substituents is 3. The molecule has 0 aliphatic carbocycles. The van der Waals surface area contributed by atoms with Gasteiger partial charge in [-0.05, 0) is 30.7 Å². The van der Waals surface area contributed by atoms with Crippen molar-refractivity contribution in [2.75, 3.05) is 6.54 Å². The first-order valence-electron chi connectivity index (χ1n) is 9.48. The second kappa shape index (κ2) is 11.3. The van der Waals surface area contributed by atoms with E-state index >= 15 is 0 Å². The van der Waals surface area contributed by atoms with Gasteiger partial charge in [0.2, 0.25) is 0 Å². The lowest BCUT2D eigenvalue weighted by Gasteiger charge is -2.12. The summed E-state index contributed by atoms with van der Waals surface area (Å²) in [7, 11) is 0. The Balaban J connectivity index is 1.91. The summed E-state index contributed by atoms with van der Waals surface area (Å²) < 4.78 is 5.35. The molecule has 0 heterocycles. The van der Waals surface area contributed by atoms with Gasteiger partial charge in [-0.2, -0.15) is 0 Å². The molecule has 4 N–H and O–H groups in total. The van der Waals surface area contributed by atoms with Gasteiger partial charge in [-0.3, -0.25) is 0 Å². The van der Waals surface area contributed by atoms with Crippen molar-refractivity contribution in [3.63, 3.8) is 0 Å². The van der Waals surface area contributed by atoms with Crippen LogP contribution in [-0.2, 0) is 0 Å². The van der Waals surface area contributed by atoms with E-state index < -0.39 is 6.09 Å². The predicted molar refractivity (Wildman–Crippen MR) is 109 cm³/mol. The fraction of sp³-hybridized carbons (Fsp3) is 0.381. The van der Waals surface area contributed by atoms with Crippen LogP contribution in [0.25, 0.3) is 0 Å². The van der Waals surface area contributed by atoms with Crippen molar-refractivity contribution in [1.82, 2.24) is 5.32 Å². The quantitative estimate of drug-likeness (QED) is 0.395. The van der Waals surface area contributed by atoms with Crippen molar-refractivity contribution < 1.29 is 24.9 Å². The third kappa shape index (κ3) is 7.23. The number of benzene rings is 2. The fourth-order valence-electron chi connectivity index (χ4n) is 2.60. The van der Waals surface area contributed by atoms with Gasteiger partial charge in [-0.1, -0.05) is 50.8 Å². The van der Waals surface area contributed by atoms with Crippen LogP contribution in [0.2, 0.25) is 0 Å². The first-order valence-corrected chi connectivity index (χ1v) is 10.3. The lowest BCUT2D eigenvalue weighted by Crippen LogP contribution is -2.27. The summed E-state index contributed by atoms with van der Waals surface area (Å²) >= 11 is 1.16. The van der Waals surface area contributed by atoms with Gasteiger partial charge in [0.05, 0.1) is 9.79 Å². The summed E-state index contributed by atoms with van der Waals surface area (Å²) in [6.45, 7) is 2.71. The normalized spacial score (nSPS) is 10.6. The molecule has 2 rings (SSSR count). The Hall–Kier alpha value is -2.54. The van der Waals surface area contributed by atoms with Crippen LogP contribution in [-0.4, -0.2) is 28.0 Å². The van der Waals surface area contributed by atoms with Crippen molar-refractivity contribution in [2.24, 2.45) is 0 Å². The number of carbonyl (C=O) groups excluding carboxylic acids is 1. The summed E-state index contributed by atoms with van der Waals surface area (Å²) in [5, 5.41) is 31.8. The Morgan fingerprint density at radius 2 is 1.57 bits per heavy atom. The maximum Gasteiger partial charge on any atom is 0.412 e. The molecule has 28 heavy (non-hydrogen) atoms. The van der Waals surface area contributed by atoms with Crippen LogP contribution in [0.4, 0.5) is 4.79 Å². The zero-order valence-corrected chi connectivity index (χ0v) is 16.8. The van der Waals surface area contributed by atoms with Gasteiger partial charge in [0.1, 0.15) is 23.0 Å². The molecule has 6 nitrogen and oxygen atoms in total. The highest BCUT2D eigenvalue weighted by Gasteiger charge is 2.13. The van der Waals surface area contributed by atoms with Crippen LogP contribution in [0.15, 0.2) is 46.2 Å². The van der Waals surface area contributed by atoms with Crippen LogP contribution in [0, 0.1) is 0 Å². The molecule has 0 fully saturated rings. The van der Waals surface area contributed by atoms with E-state index in [1.165, 1.54) is 43.5 Å². The second-order valence-electron chi connectivity index (χ2n) is 6.47. The molecule has 0 aromatic heterocycles. The molecular formula is C21H27NO5S. The number of nitrogens with one attached hydrogen (secondary N) is 1. The van der Waals surface area contributed by atoms with E-state index in [2.05, 4.69) is 12.2 Å². The number of phenols is 3. The lowest BCUT2D eigenvalue weighted by molar-refractivity contribution is 0.199. The summed E-state index contributed by atoms with van der Waals surface area (Å²) in [6.07, 6.45) is 6.19. The number of ether oxygens (including phenoxy) is 1. The predicted octanol–water partition coefficient (Wildman–Crippen LogP) is 5.40. The van der Waals surface area contributed by atoms with E-state index in [0.29, 0.717) is 16.3 Å². The average Bonchev–Trinajstić information content (AvgIpc) is 2.65. The molecule has 7 heteroatoms. The summed E-state index contributed by atoms with van der Waals surface area (Å²) in [5.41, 5.74) is 0. The van der Waals surface area contributed by atoms with Gasteiger partial charge in [0.25, 0.3) is 0 Å². The van der Waals surface area contributed by atoms with E-state index in [1.807, 2.05) is 0 Å². The van der Waals surface area contributed by atoms with E-state index in [-0.39, 0.29) is 23.0 Å². The molecule has 0 atom stereocenters. The molecule has 0 aliphatic heterocycles. The number of carbonyl (C=O) groups is 1. The maximum atomic E-state index is 12.1. The highest BCUT2D eigenvalue weighted by Crippen LogP contribution is 2.41. The molecule has 0 unspecified atom stereocenters. The van der Waals surface area contributed by atoms with Crippen molar-refractivity contribution >= 4 is 17.9 Å². The Morgan fingerprint density at radius 1 is 0.929 bits per heavy atom. The minimum Gasteiger partial charge on any atom is -0.508 e. The van der Waals surface area contributed by atoms with Gasteiger partial charge in [-0.15, -0.1) is 0 Å². The third-order valence-electron chi connectivity index (χ3n) is 4.09. The van der Waals surface area contributed by atoms with Crippen LogP contribution in [0.1, 0.15) is 45.4 Å². The summed E-state index contributed by atoms with van der Waals surface area (Å²) in [4.78, 5) is 13.1. The molecule has 152 valence electrons. The highest BCUT2D eigenvalue weighted by atomic mass is 32.2. The van der Waals surface area contributed by atoms with E-state index in [1.54, 1.807) is 12.1 Å². The SMILES string of the molecule is CCCCCCCCNC(=O)Oc1cc(O)ccc1Sc1ccc(O)cc1O. The zero-order chi connectivity index (χ0) is 20.4. The number of rotatable bonds is 10. The van der Waals surface area contributed by atoms with Crippen molar-refractivity contribution in [3.05, 3.63) is 36.4 Å². The minimum atomic E-state index is -0.587. The van der Waals surface area contributed by atoms with Crippen LogP contribution < -0.4 is 10.1 Å². The number of amides is 1. The van der Waals surface area contributed by atoms with Crippen molar-refractivity contribution in [1.29, 1.82) is 0 Å². The topological polar surface area (TPSA) is 99.0 Å². The molecule has 0 aliphatic rings. The van der Waals surface area contributed by atoms with Gasteiger partial charge >= 0.3 is 6.09 Å². The molecule has 0 spiro atoms. The average molecular weight is 406 g/mol. The summed E-state index contributed by atoms with van der Waals surface area (Å²) in [6, 6.07) is 8.67. The number of hydrogen-bond acceptors (Lipinski definition) is 6. The van der Waals surface area contributed by atoms with Crippen LogP contribution in [0.5, 0.6) is 23.0 Å². The molecular weight excluding hydrogens is 378 g/mol. The molecule has 2 aromatic carbocycles. The Morgan fingerprint density at radius 3 is 2.29 bits per heavy atom. The monoisotopic (exact) mass is 405 g/mol. The van der Waals surface area contributed by atoms with Crippen LogP contribution >= 0.6 is 11.8 Å². The standard InChI is InChI=1S/C21H27NO5S/c1-2-3-4-5-6-7-12-22-21(26)27-18-14-16(24)9-11-20(18)28-19-10-8-15(23)13-17(19)25/h8-11,13-14,23-25H,2-7,12H2,1H3,(H,22,26). The van der Waals surface area contributed by atoms with E-state index in [4.69, 9.17) is 4.74 Å². The van der Waals surface area contributed by atoms with Gasteiger partial charge < -0.3 is 25.4 Å². The maximum absolute atomic E-state index is 12.1. The number of aromatic hydroxyl groups is 3. The second-order valence-corrected chi connectivity index (χ2v) is 7.55. The van der Waals surface area contributed by atoms with Crippen molar-refractivity contribution in [2.45, 2.75) is 55.2 Å². The first kappa shape index (κ1) is 21.8. The van der Waals surface area contributed by atoms with Gasteiger partial charge in [-0.25, -0.2) is 4.79 Å². The fourth-order valence-corrected chi connectivity index (χ4v) is 3.48. The van der Waals surface area contributed by atoms with E-state index in [0.717, 1.165) is 31.0 Å². The molecule has 1 amide bonds. The minimum absolute atomic E-state index is 0.0296. The number of hydrogen-bond donors (Lipinski definition) is 4. The molecule has 2 aromatic rings. The van der Waals surface area contributed by atoms with E-state index in [9.17, 15) is 20.1 Å². The zero-order valence-electron chi connectivity index (χ0n) is 16.0. The van der Waals surface area contributed by atoms with Crippen LogP contribution in [0.3, 0.4) is 0 Å². The number of unbranched alkanes of at least 4 members (excludes halogenated alkanes) is 5. The van der Waals surface area contributed by atoms with Crippen molar-refractivity contribution in [3.8, 4) is 23.0 Å². The Kier molecular flexibility index (Phi) is 8.81. The summed E-state index contributed by atoms with van der Waals surface area (Å²) in [5.74, 6) is 0.0329. The Bertz CT molecular complexity index is 781. The van der Waals surface area contributed by atoms with Gasteiger partial charge in [0.15, 0.2) is 0 Å². The first-order chi connectivity index (χ1) is 13.5. The smallest absolute Gasteiger partial charge is 0.412 e. The molecule has 0 radical (unpaired) electrons. The molecule has 0 saturated heterocycles. The third-order valence-corrected chi connectivity index (χ3v) is 5.21. The largest absolute Gasteiger partial charge is 0.508 e.